The van der Waals surface area contributed by atoms with Crippen LogP contribution in [-0.4, -0.2) is 69.4 Å². The Labute approximate surface area is 290 Å². The summed E-state index contributed by atoms with van der Waals surface area (Å²) < 4.78 is 31.2. The minimum Gasteiger partial charge on any atom is -0.414 e. The van der Waals surface area contributed by atoms with Gasteiger partial charge in [0.15, 0.2) is 42.0 Å². The second kappa shape index (κ2) is 13.2. The molecule has 2 aromatic rings. The quantitative estimate of drug-likeness (QED) is 0.184. The fourth-order valence-corrected chi connectivity index (χ4v) is 8.41. The lowest BCUT2D eigenvalue weighted by atomic mass is 10.1. The first-order valence-electron chi connectivity index (χ1n) is 15.3. The maximum Gasteiger partial charge on any atom is 0.192 e. The molecule has 250 valence electrons. The van der Waals surface area contributed by atoms with Crippen molar-refractivity contribution in [1.82, 2.24) is 19.5 Å². The Balaban J connectivity index is 2.29. The predicted molar refractivity (Wildman–Crippen MR) is 197 cm³/mol. The summed E-state index contributed by atoms with van der Waals surface area (Å²) in [6, 6.07) is 0. The van der Waals surface area contributed by atoms with E-state index >= 15 is 0 Å². The van der Waals surface area contributed by atoms with Gasteiger partial charge in [0.25, 0.3) is 0 Å². The molecule has 3 heterocycles. The van der Waals surface area contributed by atoms with Crippen LogP contribution in [0.5, 0.6) is 0 Å². The summed E-state index contributed by atoms with van der Waals surface area (Å²) in [5.41, 5.74) is 1.07. The van der Waals surface area contributed by atoms with E-state index in [0.29, 0.717) is 23.6 Å². The lowest BCUT2D eigenvalue weighted by Crippen LogP contribution is -2.54. The summed E-state index contributed by atoms with van der Waals surface area (Å²) in [7, 11) is -6.73. The third kappa shape index (κ3) is 8.18. The van der Waals surface area contributed by atoms with Gasteiger partial charge in [0.1, 0.15) is 36.0 Å². The maximum atomic E-state index is 7.34. The van der Waals surface area contributed by atoms with Crippen LogP contribution in [0.1, 0.15) is 74.4 Å². The van der Waals surface area contributed by atoms with Crippen molar-refractivity contribution in [3.63, 3.8) is 0 Å². The Hall–Kier alpha value is 0.0306. The SMILES string of the molecule is CC(C)(C)[Si](C)(C)OC[C@H]1O[C@@H](n2c(C=C(Br)Br)nc3c(Cl)ncnc32)[C@H](O[Si](C)(C)C(C)(C)C)[C@@H]1O[Si](C)(C)C(C)(C)C. The Morgan fingerprint density at radius 2 is 1.36 bits per heavy atom. The largest absolute Gasteiger partial charge is 0.414 e. The summed E-state index contributed by atoms with van der Waals surface area (Å²) in [4.78, 5) is 13.7. The number of rotatable bonds is 9. The van der Waals surface area contributed by atoms with Crippen molar-refractivity contribution in [2.24, 2.45) is 0 Å². The Bertz CT molecular complexity index is 1360. The van der Waals surface area contributed by atoms with Crippen molar-refractivity contribution in [2.75, 3.05) is 6.61 Å². The minimum atomic E-state index is -2.34. The first kappa shape index (κ1) is 38.5. The van der Waals surface area contributed by atoms with Gasteiger partial charge in [-0.05, 0) is 86.3 Å². The average molecular weight is 813 g/mol. The Morgan fingerprint density at radius 1 is 0.864 bits per heavy atom. The molecule has 0 amide bonds. The molecule has 1 saturated heterocycles. The predicted octanol–water partition coefficient (Wildman–Crippen LogP) is 10.3. The fourth-order valence-electron chi connectivity index (χ4n) is 4.21. The van der Waals surface area contributed by atoms with Crippen LogP contribution < -0.4 is 0 Å². The van der Waals surface area contributed by atoms with Crippen molar-refractivity contribution in [3.05, 3.63) is 20.7 Å². The second-order valence-corrected chi connectivity index (χ2v) is 33.9. The number of hydrogen-bond acceptors (Lipinski definition) is 7. The van der Waals surface area contributed by atoms with Gasteiger partial charge in [-0.15, -0.1) is 0 Å². The zero-order chi connectivity index (χ0) is 33.8. The number of aromatic nitrogens is 4. The smallest absolute Gasteiger partial charge is 0.192 e. The molecule has 0 bridgehead atoms. The van der Waals surface area contributed by atoms with E-state index in [-0.39, 0.29) is 32.5 Å². The molecule has 2 aromatic heterocycles. The van der Waals surface area contributed by atoms with Gasteiger partial charge < -0.3 is 18.0 Å². The van der Waals surface area contributed by atoms with Gasteiger partial charge in [-0.25, -0.2) is 15.0 Å². The molecule has 0 radical (unpaired) electrons. The monoisotopic (exact) mass is 810 g/mol. The van der Waals surface area contributed by atoms with Gasteiger partial charge >= 0.3 is 0 Å². The van der Waals surface area contributed by atoms with E-state index in [0.717, 1.165) is 3.39 Å². The summed E-state index contributed by atoms with van der Waals surface area (Å²) >= 11 is 13.6. The van der Waals surface area contributed by atoms with Crippen LogP contribution in [0.3, 0.4) is 0 Å². The molecular formula is C30H53Br2ClN4O4Si3. The van der Waals surface area contributed by atoms with E-state index in [4.69, 9.17) is 34.6 Å². The van der Waals surface area contributed by atoms with E-state index < -0.39 is 37.3 Å². The van der Waals surface area contributed by atoms with Crippen molar-refractivity contribution < 1.29 is 18.0 Å². The molecule has 8 nitrogen and oxygen atoms in total. The number of fused-ring (bicyclic) bond motifs is 1. The van der Waals surface area contributed by atoms with Gasteiger partial charge in [0.05, 0.1) is 10.00 Å². The van der Waals surface area contributed by atoms with Crippen LogP contribution in [0.4, 0.5) is 0 Å². The molecule has 1 aliphatic heterocycles. The average Bonchev–Trinajstić information content (AvgIpc) is 3.33. The molecule has 3 rings (SSSR count). The van der Waals surface area contributed by atoms with Gasteiger partial charge in [0, 0.05) is 6.08 Å². The van der Waals surface area contributed by atoms with Crippen LogP contribution >= 0.6 is 43.5 Å². The molecule has 0 N–H and O–H groups in total. The molecule has 1 aliphatic rings. The first-order chi connectivity index (χ1) is 19.7. The Kier molecular flexibility index (Phi) is 11.5. The number of halogens is 3. The van der Waals surface area contributed by atoms with Gasteiger partial charge in [-0.3, -0.25) is 4.57 Å². The van der Waals surface area contributed by atoms with E-state index in [1.165, 1.54) is 6.33 Å². The van der Waals surface area contributed by atoms with Crippen molar-refractivity contribution in [3.8, 4) is 0 Å². The topological polar surface area (TPSA) is 80.5 Å². The number of nitrogens with zero attached hydrogens (tertiary/aromatic N) is 4. The highest BCUT2D eigenvalue weighted by Gasteiger charge is 2.55. The van der Waals surface area contributed by atoms with E-state index in [9.17, 15) is 0 Å². The first-order valence-corrected chi connectivity index (χ1v) is 26.0. The summed E-state index contributed by atoms with van der Waals surface area (Å²) in [5, 5.41) is 0.264. The maximum absolute atomic E-state index is 7.34. The molecule has 0 aromatic carbocycles. The normalized spacial score (nSPS) is 22.6. The molecular weight excluding hydrogens is 760 g/mol. The molecule has 0 unspecified atom stereocenters. The number of hydrogen-bond donors (Lipinski definition) is 0. The van der Waals surface area contributed by atoms with Crippen LogP contribution in [-0.2, 0) is 18.0 Å². The Morgan fingerprint density at radius 3 is 1.84 bits per heavy atom. The molecule has 14 heteroatoms. The highest BCUT2D eigenvalue weighted by atomic mass is 79.9. The van der Waals surface area contributed by atoms with Gasteiger partial charge in [-0.2, -0.15) is 0 Å². The van der Waals surface area contributed by atoms with E-state index in [1.54, 1.807) is 0 Å². The van der Waals surface area contributed by atoms with E-state index in [1.807, 2.05) is 10.6 Å². The van der Waals surface area contributed by atoms with Crippen LogP contribution in [0.15, 0.2) is 9.72 Å². The molecule has 44 heavy (non-hydrogen) atoms. The zero-order valence-corrected chi connectivity index (χ0v) is 36.2. The zero-order valence-electron chi connectivity index (χ0n) is 29.2. The number of ether oxygens (including phenoxy) is 1. The lowest BCUT2D eigenvalue weighted by molar-refractivity contribution is -0.0473. The van der Waals surface area contributed by atoms with Crippen molar-refractivity contribution in [1.29, 1.82) is 0 Å². The van der Waals surface area contributed by atoms with Gasteiger partial charge in [-0.1, -0.05) is 73.9 Å². The molecule has 0 saturated carbocycles. The third-order valence-electron chi connectivity index (χ3n) is 10.1. The lowest BCUT2D eigenvalue weighted by Gasteiger charge is -2.44. The highest BCUT2D eigenvalue weighted by molar-refractivity contribution is 9.28. The highest BCUT2D eigenvalue weighted by Crippen LogP contribution is 2.47. The third-order valence-corrected chi connectivity index (χ3v) is 24.3. The summed E-state index contributed by atoms with van der Waals surface area (Å²) in [6.07, 6.45) is 1.52. The van der Waals surface area contributed by atoms with Crippen LogP contribution in [0, 0.1) is 0 Å². The van der Waals surface area contributed by atoms with Crippen LogP contribution in [0.2, 0.25) is 59.5 Å². The van der Waals surface area contributed by atoms with Crippen LogP contribution in [0.25, 0.3) is 17.2 Å². The molecule has 0 aliphatic carbocycles. The van der Waals surface area contributed by atoms with Crippen molar-refractivity contribution >= 4 is 85.7 Å². The number of imidazole rings is 1. The standard InChI is InChI=1S/C30H53Br2ClN4O4Si3/c1-28(2,3)42(10,11)38-17-19-23(40-43(12,13)29(4,5)6)24(41-44(14,15)30(7,8)9)27(39-19)37-21(16-20(31)32)36-22-25(33)34-18-35-26(22)37/h16,18-19,23-24,27H,17H2,1-15H3/t19-,23-,24-,27-/m1/s1. The minimum absolute atomic E-state index is 0.0192. The molecule has 0 spiro atoms. The van der Waals surface area contributed by atoms with Gasteiger partial charge in [0.2, 0.25) is 0 Å². The molecule has 1 fully saturated rings. The molecule has 4 atom stereocenters. The second-order valence-electron chi connectivity index (χ2n) is 16.4. The van der Waals surface area contributed by atoms with Crippen molar-refractivity contribution in [2.45, 2.75) is 141 Å². The summed E-state index contributed by atoms with van der Waals surface area (Å²) in [5.74, 6) is 0.608. The van der Waals surface area contributed by atoms with E-state index in [2.05, 4.69) is 143 Å². The summed E-state index contributed by atoms with van der Waals surface area (Å²) in [6.45, 7) is 34.3. The fraction of sp³-hybridized carbons (Fsp3) is 0.767.